The van der Waals surface area contributed by atoms with E-state index < -0.39 is 44.1 Å². The maximum Gasteiger partial charge on any atom is 0.213 e. The largest absolute Gasteiger partial charge is 0.481 e. The molecule has 1 aromatic carbocycles. The highest BCUT2D eigenvalue weighted by Crippen LogP contribution is 2.30. The molecule has 188 valence electrons. The van der Waals surface area contributed by atoms with Crippen LogP contribution in [-0.2, 0) is 15.6 Å². The number of rotatable bonds is 8. The first-order valence-corrected chi connectivity index (χ1v) is 12.7. The molecular weight excluding hydrogens is 490 g/mol. The molecule has 12 heteroatoms. The molecule has 0 aliphatic rings. The molecule has 3 aromatic heterocycles. The Kier molecular flexibility index (Phi) is 7.07. The summed E-state index contributed by atoms with van der Waals surface area (Å²) in [6, 6.07) is 8.13. The highest BCUT2D eigenvalue weighted by Gasteiger charge is 2.32. The van der Waals surface area contributed by atoms with E-state index in [9.17, 15) is 17.2 Å². The van der Waals surface area contributed by atoms with Crippen LogP contribution < -0.4 is 4.74 Å². The Hall–Kier alpha value is -3.80. The summed E-state index contributed by atoms with van der Waals surface area (Å²) in [5.41, 5.74) is 0.918. The zero-order valence-corrected chi connectivity index (χ0v) is 20.9. The maximum atomic E-state index is 14.9. The highest BCUT2D eigenvalue weighted by atomic mass is 32.2. The lowest BCUT2D eigenvalue weighted by atomic mass is 10.1. The molecule has 9 nitrogen and oxygen atoms in total. The number of hydrogen-bond acceptors (Lipinski definition) is 8. The lowest BCUT2D eigenvalue weighted by Crippen LogP contribution is -2.27. The summed E-state index contributed by atoms with van der Waals surface area (Å²) in [7, 11) is -2.47. The molecule has 0 amide bonds. The van der Waals surface area contributed by atoms with Crippen molar-refractivity contribution >= 4 is 9.84 Å². The number of methoxy groups -OCH3 is 1. The van der Waals surface area contributed by atoms with Gasteiger partial charge in [-0.3, -0.25) is 14.5 Å². The molecular formula is C24H24F2N6O3S. The molecule has 0 spiro atoms. The number of benzene rings is 1. The molecule has 0 N–H and O–H groups in total. The van der Waals surface area contributed by atoms with E-state index in [1.54, 1.807) is 45.2 Å². The average Bonchev–Trinajstić information content (AvgIpc) is 3.25. The smallest absolute Gasteiger partial charge is 0.213 e. The first-order chi connectivity index (χ1) is 17.1. The second kappa shape index (κ2) is 10.1. The van der Waals surface area contributed by atoms with E-state index in [1.807, 2.05) is 0 Å². The third-order valence-electron chi connectivity index (χ3n) is 5.92. The number of hydrogen-bond donors (Lipinski definition) is 0. The van der Waals surface area contributed by atoms with Gasteiger partial charge in [0, 0.05) is 24.4 Å². The van der Waals surface area contributed by atoms with E-state index in [1.165, 1.54) is 19.4 Å². The molecule has 0 bridgehead atoms. The van der Waals surface area contributed by atoms with Gasteiger partial charge in [-0.05, 0) is 32.0 Å². The Morgan fingerprint density at radius 1 is 1.00 bits per heavy atom. The van der Waals surface area contributed by atoms with E-state index in [0.29, 0.717) is 11.4 Å². The monoisotopic (exact) mass is 514 g/mol. The molecule has 4 rings (SSSR count). The third kappa shape index (κ3) is 4.94. The van der Waals surface area contributed by atoms with Gasteiger partial charge < -0.3 is 4.74 Å². The SMILES string of the molecule is COc1cccc(-c2nnc(CS(=O)(=O)[C@@H](C)[C@H](C)c3cnc(C)cn3)n2-c2c(F)cccc2F)n1. The molecule has 36 heavy (non-hydrogen) atoms. The Balaban J connectivity index is 1.80. The molecule has 0 radical (unpaired) electrons. The molecule has 4 aromatic rings. The molecule has 0 fully saturated rings. The molecule has 0 saturated heterocycles. The van der Waals surface area contributed by atoms with Gasteiger partial charge in [-0.15, -0.1) is 10.2 Å². The summed E-state index contributed by atoms with van der Waals surface area (Å²) in [4.78, 5) is 12.7. The van der Waals surface area contributed by atoms with Crippen molar-refractivity contribution in [2.24, 2.45) is 0 Å². The summed E-state index contributed by atoms with van der Waals surface area (Å²) >= 11 is 0. The summed E-state index contributed by atoms with van der Waals surface area (Å²) < 4.78 is 62.8. The molecule has 2 atom stereocenters. The fourth-order valence-corrected chi connectivity index (χ4v) is 5.24. The summed E-state index contributed by atoms with van der Waals surface area (Å²) in [6.45, 7) is 5.07. The minimum absolute atomic E-state index is 0.0341. The van der Waals surface area contributed by atoms with Gasteiger partial charge in [-0.25, -0.2) is 22.2 Å². The number of pyridine rings is 1. The van der Waals surface area contributed by atoms with Gasteiger partial charge in [0.25, 0.3) is 0 Å². The van der Waals surface area contributed by atoms with Gasteiger partial charge in [0.15, 0.2) is 21.5 Å². The quantitative estimate of drug-likeness (QED) is 0.349. The fourth-order valence-electron chi connectivity index (χ4n) is 3.67. The van der Waals surface area contributed by atoms with E-state index in [-0.39, 0.29) is 23.2 Å². The zero-order valence-electron chi connectivity index (χ0n) is 20.1. The fraction of sp³-hybridized carbons (Fsp3) is 0.292. The summed E-state index contributed by atoms with van der Waals surface area (Å²) in [5, 5.41) is 7.16. The Labute approximate surface area is 207 Å². The Bertz CT molecular complexity index is 1470. The van der Waals surface area contributed by atoms with Crippen molar-refractivity contribution in [3.63, 3.8) is 0 Å². The normalized spacial score (nSPS) is 13.4. The van der Waals surface area contributed by atoms with Crippen molar-refractivity contribution in [2.45, 2.75) is 37.7 Å². The first kappa shape index (κ1) is 25.3. The second-order valence-electron chi connectivity index (χ2n) is 8.29. The van der Waals surface area contributed by atoms with Crippen LogP contribution in [-0.4, -0.2) is 50.5 Å². The van der Waals surface area contributed by atoms with Crippen LogP contribution in [0.15, 0.2) is 48.8 Å². The topological polar surface area (TPSA) is 113 Å². The Morgan fingerprint density at radius 2 is 1.69 bits per heavy atom. The lowest BCUT2D eigenvalue weighted by molar-refractivity contribution is 0.398. The van der Waals surface area contributed by atoms with Crippen molar-refractivity contribution in [1.29, 1.82) is 0 Å². The number of nitrogens with zero attached hydrogens (tertiary/aromatic N) is 6. The first-order valence-electron chi connectivity index (χ1n) is 11.0. The summed E-state index contributed by atoms with van der Waals surface area (Å²) in [5.74, 6) is -2.89. The average molecular weight is 515 g/mol. The van der Waals surface area contributed by atoms with Crippen LogP contribution in [0.1, 0.15) is 37.0 Å². The zero-order chi connectivity index (χ0) is 26.0. The van der Waals surface area contributed by atoms with E-state index >= 15 is 0 Å². The maximum absolute atomic E-state index is 14.9. The van der Waals surface area contributed by atoms with Crippen LogP contribution in [0.2, 0.25) is 0 Å². The molecule has 0 aliphatic heterocycles. The number of para-hydroxylation sites is 1. The van der Waals surface area contributed by atoms with E-state index in [2.05, 4.69) is 25.1 Å². The minimum atomic E-state index is -3.89. The number of sulfone groups is 1. The predicted octanol–water partition coefficient (Wildman–Crippen LogP) is 3.82. The third-order valence-corrected chi connectivity index (χ3v) is 8.12. The summed E-state index contributed by atoms with van der Waals surface area (Å²) in [6.07, 6.45) is 3.10. The molecule has 0 aliphatic carbocycles. The number of aryl methyl sites for hydroxylation is 1. The van der Waals surface area contributed by atoms with Crippen LogP contribution in [0.4, 0.5) is 8.78 Å². The van der Waals surface area contributed by atoms with Gasteiger partial charge in [0.2, 0.25) is 5.88 Å². The lowest BCUT2D eigenvalue weighted by Gasteiger charge is -2.20. The van der Waals surface area contributed by atoms with Crippen molar-refractivity contribution < 1.29 is 21.9 Å². The van der Waals surface area contributed by atoms with Crippen LogP contribution in [0, 0.1) is 18.6 Å². The standard InChI is InChI=1S/C24H24F2N6O3S/c1-14-11-28-20(12-27-14)15(2)16(3)36(33,34)13-21-30-31-24(19-9-6-10-22(29-19)35-4)32(21)23-17(25)7-5-8-18(23)26/h5-12,15-16H,13H2,1-4H3/t15-,16-/m0/s1. The van der Waals surface area contributed by atoms with Crippen LogP contribution in [0.25, 0.3) is 17.2 Å². The van der Waals surface area contributed by atoms with Crippen LogP contribution in [0.3, 0.4) is 0 Å². The number of halogens is 2. The van der Waals surface area contributed by atoms with Gasteiger partial charge in [-0.2, -0.15) is 0 Å². The second-order valence-corrected chi connectivity index (χ2v) is 10.7. The van der Waals surface area contributed by atoms with Gasteiger partial charge >= 0.3 is 0 Å². The molecule has 0 saturated carbocycles. The van der Waals surface area contributed by atoms with Crippen LogP contribution >= 0.6 is 0 Å². The van der Waals surface area contributed by atoms with Crippen LogP contribution in [0.5, 0.6) is 5.88 Å². The van der Waals surface area contributed by atoms with Gasteiger partial charge in [0.05, 0.1) is 23.7 Å². The van der Waals surface area contributed by atoms with E-state index in [0.717, 1.165) is 16.7 Å². The Morgan fingerprint density at radius 3 is 2.33 bits per heavy atom. The minimum Gasteiger partial charge on any atom is -0.481 e. The van der Waals surface area contributed by atoms with Crippen molar-refractivity contribution in [1.82, 2.24) is 29.7 Å². The highest BCUT2D eigenvalue weighted by molar-refractivity contribution is 7.91. The predicted molar refractivity (Wildman–Crippen MR) is 128 cm³/mol. The number of ether oxygens (including phenoxy) is 1. The van der Waals surface area contributed by atoms with Crippen molar-refractivity contribution in [3.8, 4) is 23.1 Å². The van der Waals surface area contributed by atoms with E-state index in [4.69, 9.17) is 4.74 Å². The van der Waals surface area contributed by atoms with Gasteiger partial charge in [-0.1, -0.05) is 19.1 Å². The molecule has 0 unspecified atom stereocenters. The molecule has 3 heterocycles. The van der Waals surface area contributed by atoms with Crippen molar-refractivity contribution in [2.75, 3.05) is 7.11 Å². The van der Waals surface area contributed by atoms with Gasteiger partial charge in [0.1, 0.15) is 28.8 Å². The van der Waals surface area contributed by atoms with Crippen molar-refractivity contribution in [3.05, 3.63) is 77.6 Å². The number of aromatic nitrogens is 6.